The Morgan fingerprint density at radius 3 is 2.21 bits per heavy atom. The van der Waals surface area contributed by atoms with Crippen molar-refractivity contribution in [1.82, 2.24) is 5.32 Å². The van der Waals surface area contributed by atoms with E-state index in [1.807, 2.05) is 67.6 Å². The summed E-state index contributed by atoms with van der Waals surface area (Å²) in [5.41, 5.74) is 1.92. The summed E-state index contributed by atoms with van der Waals surface area (Å²) in [5, 5.41) is 6.28. The Hall–Kier alpha value is -3.01. The third-order valence-corrected chi connectivity index (χ3v) is 3.83. The first-order valence-corrected chi connectivity index (χ1v) is 7.94. The maximum absolute atomic E-state index is 12.8. The Kier molecular flexibility index (Phi) is 4.96. The van der Waals surface area contributed by atoms with Gasteiger partial charge in [0.05, 0.1) is 12.3 Å². The van der Waals surface area contributed by atoms with Gasteiger partial charge in [0.15, 0.2) is 6.04 Å². The monoisotopic (exact) mass is 320 g/mol. The van der Waals surface area contributed by atoms with Crippen molar-refractivity contribution in [3.05, 3.63) is 90.4 Å². The van der Waals surface area contributed by atoms with E-state index in [1.54, 1.807) is 18.4 Å². The van der Waals surface area contributed by atoms with Gasteiger partial charge in [0, 0.05) is 5.69 Å². The van der Waals surface area contributed by atoms with Crippen molar-refractivity contribution in [2.45, 2.75) is 19.0 Å². The molecule has 2 unspecified atom stereocenters. The highest BCUT2D eigenvalue weighted by Gasteiger charge is 2.24. The number of rotatable bonds is 6. The summed E-state index contributed by atoms with van der Waals surface area (Å²) in [4.78, 5) is 12.8. The highest BCUT2D eigenvalue weighted by atomic mass is 16.3. The van der Waals surface area contributed by atoms with Gasteiger partial charge in [0.1, 0.15) is 5.76 Å². The van der Waals surface area contributed by atoms with Crippen LogP contribution in [0, 0.1) is 0 Å². The van der Waals surface area contributed by atoms with Crippen molar-refractivity contribution < 1.29 is 9.21 Å². The number of furan rings is 1. The number of hydrogen-bond acceptors (Lipinski definition) is 3. The van der Waals surface area contributed by atoms with E-state index in [4.69, 9.17) is 4.42 Å². The Balaban J connectivity index is 1.76. The zero-order valence-corrected chi connectivity index (χ0v) is 13.5. The Morgan fingerprint density at radius 2 is 1.58 bits per heavy atom. The van der Waals surface area contributed by atoms with Gasteiger partial charge in [0.25, 0.3) is 5.91 Å². The highest BCUT2D eigenvalue weighted by molar-refractivity contribution is 5.85. The van der Waals surface area contributed by atoms with Crippen LogP contribution in [-0.4, -0.2) is 5.91 Å². The van der Waals surface area contributed by atoms with Gasteiger partial charge in [-0.25, -0.2) is 0 Å². The van der Waals surface area contributed by atoms with Gasteiger partial charge in [0.2, 0.25) is 0 Å². The van der Waals surface area contributed by atoms with Crippen LogP contribution < -0.4 is 10.6 Å². The molecule has 24 heavy (non-hydrogen) atoms. The first-order chi connectivity index (χ1) is 11.7. The Bertz CT molecular complexity index is 755. The lowest BCUT2D eigenvalue weighted by molar-refractivity contribution is -0.122. The number of benzene rings is 2. The molecular formula is C20H20N2O2. The summed E-state index contributed by atoms with van der Waals surface area (Å²) in [6, 6.07) is 22.4. The number of nitrogens with one attached hydrogen (secondary N) is 2. The molecule has 1 aromatic heterocycles. The normalized spacial score (nSPS) is 13.0. The van der Waals surface area contributed by atoms with E-state index in [0.717, 1.165) is 11.3 Å². The van der Waals surface area contributed by atoms with E-state index >= 15 is 0 Å². The number of amides is 1. The summed E-state index contributed by atoms with van der Waals surface area (Å²) in [6.45, 7) is 1.97. The van der Waals surface area contributed by atoms with Gasteiger partial charge in [-0.15, -0.1) is 0 Å². The van der Waals surface area contributed by atoms with Gasteiger partial charge < -0.3 is 15.1 Å². The standard InChI is InChI=1S/C20H20N2O2/c1-15(16-9-4-2-5-10-16)21-20(23)19(18-13-8-14-24-18)22-17-11-6-3-7-12-17/h2-15,19,22H,1H3,(H,21,23). The summed E-state index contributed by atoms with van der Waals surface area (Å²) >= 11 is 0. The van der Waals surface area contributed by atoms with Crippen molar-refractivity contribution in [3.8, 4) is 0 Å². The number of para-hydroxylation sites is 1. The molecular weight excluding hydrogens is 300 g/mol. The van der Waals surface area contributed by atoms with Crippen LogP contribution in [0.2, 0.25) is 0 Å². The molecule has 0 bridgehead atoms. The molecule has 3 rings (SSSR count). The summed E-state index contributed by atoms with van der Waals surface area (Å²) in [7, 11) is 0. The zero-order chi connectivity index (χ0) is 16.8. The van der Waals surface area contributed by atoms with Crippen LogP contribution in [0.1, 0.15) is 30.3 Å². The maximum Gasteiger partial charge on any atom is 0.250 e. The van der Waals surface area contributed by atoms with Crippen molar-refractivity contribution in [3.63, 3.8) is 0 Å². The average molecular weight is 320 g/mol. The Labute approximate surface area is 141 Å². The molecule has 122 valence electrons. The lowest BCUT2D eigenvalue weighted by Gasteiger charge is -2.21. The van der Waals surface area contributed by atoms with E-state index in [0.29, 0.717) is 5.76 Å². The van der Waals surface area contributed by atoms with Crippen molar-refractivity contribution in [1.29, 1.82) is 0 Å². The molecule has 2 N–H and O–H groups in total. The molecule has 1 heterocycles. The molecule has 0 saturated carbocycles. The fourth-order valence-corrected chi connectivity index (χ4v) is 2.54. The van der Waals surface area contributed by atoms with Gasteiger partial charge in [-0.2, -0.15) is 0 Å². The second kappa shape index (κ2) is 7.51. The minimum atomic E-state index is -0.589. The van der Waals surface area contributed by atoms with Crippen LogP contribution in [0.4, 0.5) is 5.69 Å². The maximum atomic E-state index is 12.8. The molecule has 1 amide bonds. The third-order valence-electron chi connectivity index (χ3n) is 3.83. The number of carbonyl (C=O) groups excluding carboxylic acids is 1. The van der Waals surface area contributed by atoms with E-state index in [1.165, 1.54) is 0 Å². The van der Waals surface area contributed by atoms with Crippen molar-refractivity contribution in [2.24, 2.45) is 0 Å². The summed E-state index contributed by atoms with van der Waals surface area (Å²) in [5.74, 6) is 0.446. The average Bonchev–Trinajstić information content (AvgIpc) is 3.15. The predicted molar refractivity (Wildman–Crippen MR) is 94.5 cm³/mol. The van der Waals surface area contributed by atoms with Gasteiger partial charge in [-0.1, -0.05) is 48.5 Å². The van der Waals surface area contributed by atoms with Gasteiger partial charge in [-0.05, 0) is 36.8 Å². The van der Waals surface area contributed by atoms with E-state index in [2.05, 4.69) is 10.6 Å². The van der Waals surface area contributed by atoms with Gasteiger partial charge in [-0.3, -0.25) is 4.79 Å². The van der Waals surface area contributed by atoms with Crippen LogP contribution >= 0.6 is 0 Å². The summed E-state index contributed by atoms with van der Waals surface area (Å²) in [6.07, 6.45) is 1.57. The number of hydrogen-bond donors (Lipinski definition) is 2. The summed E-state index contributed by atoms with van der Waals surface area (Å²) < 4.78 is 5.45. The molecule has 2 aromatic carbocycles. The van der Waals surface area contributed by atoms with Crippen LogP contribution in [0.3, 0.4) is 0 Å². The molecule has 2 atom stereocenters. The topological polar surface area (TPSA) is 54.3 Å². The van der Waals surface area contributed by atoms with Crippen LogP contribution in [0.15, 0.2) is 83.5 Å². The fraction of sp³-hybridized carbons (Fsp3) is 0.150. The molecule has 3 aromatic rings. The van der Waals surface area contributed by atoms with Crippen LogP contribution in [-0.2, 0) is 4.79 Å². The lowest BCUT2D eigenvalue weighted by atomic mass is 10.1. The zero-order valence-electron chi connectivity index (χ0n) is 13.5. The molecule has 0 radical (unpaired) electrons. The number of anilines is 1. The first kappa shape index (κ1) is 15.9. The second-order valence-electron chi connectivity index (χ2n) is 5.60. The van der Waals surface area contributed by atoms with Crippen molar-refractivity contribution in [2.75, 3.05) is 5.32 Å². The highest BCUT2D eigenvalue weighted by Crippen LogP contribution is 2.22. The predicted octanol–water partition coefficient (Wildman–Crippen LogP) is 4.31. The van der Waals surface area contributed by atoms with Gasteiger partial charge >= 0.3 is 0 Å². The number of carbonyl (C=O) groups is 1. The van der Waals surface area contributed by atoms with Crippen molar-refractivity contribution >= 4 is 11.6 Å². The molecule has 0 aliphatic carbocycles. The molecule has 4 heteroatoms. The lowest BCUT2D eigenvalue weighted by Crippen LogP contribution is -2.35. The third kappa shape index (κ3) is 3.84. The Morgan fingerprint density at radius 1 is 0.917 bits per heavy atom. The quantitative estimate of drug-likeness (QED) is 0.711. The molecule has 0 aliphatic heterocycles. The minimum Gasteiger partial charge on any atom is -0.467 e. The molecule has 4 nitrogen and oxygen atoms in total. The minimum absolute atomic E-state index is 0.0891. The van der Waals surface area contributed by atoms with E-state index in [-0.39, 0.29) is 11.9 Å². The van der Waals surface area contributed by atoms with E-state index in [9.17, 15) is 4.79 Å². The smallest absolute Gasteiger partial charge is 0.250 e. The second-order valence-corrected chi connectivity index (χ2v) is 5.60. The van der Waals surface area contributed by atoms with Crippen LogP contribution in [0.5, 0.6) is 0 Å². The fourth-order valence-electron chi connectivity index (χ4n) is 2.54. The molecule has 0 spiro atoms. The molecule has 0 saturated heterocycles. The first-order valence-electron chi connectivity index (χ1n) is 7.94. The van der Waals surface area contributed by atoms with E-state index < -0.39 is 6.04 Å². The largest absolute Gasteiger partial charge is 0.467 e. The molecule has 0 fully saturated rings. The molecule has 0 aliphatic rings. The van der Waals surface area contributed by atoms with Crippen LogP contribution in [0.25, 0.3) is 0 Å². The SMILES string of the molecule is CC(NC(=O)C(Nc1ccccc1)c1ccco1)c1ccccc1.